The molecule has 0 aliphatic rings. The van der Waals surface area contributed by atoms with E-state index < -0.39 is 10.0 Å². The van der Waals surface area contributed by atoms with Gasteiger partial charge in [0.15, 0.2) is 5.96 Å². The summed E-state index contributed by atoms with van der Waals surface area (Å²) >= 11 is 0. The maximum atomic E-state index is 11.5. The average Bonchev–Trinajstić information content (AvgIpc) is 2.62. The Balaban J connectivity index is 1.81. The molecule has 0 bridgehead atoms. The fraction of sp³-hybridized carbons (Fsp3) is 0.316. The quantitative estimate of drug-likeness (QED) is 0.365. The standard InChI is InChI=1S/C19H26N4O3S/c1-15-8-10-17(11-9-15)26-13-12-21-19(20-2)22-14-16-6-4-5-7-18(16)23-27(3,24)25/h4-11,23H,12-14H2,1-3H3,(H2,20,21,22). The lowest BCUT2D eigenvalue weighted by Crippen LogP contribution is -2.39. The molecule has 0 atom stereocenters. The number of aliphatic imine (C=N–C) groups is 1. The van der Waals surface area contributed by atoms with Crippen molar-refractivity contribution in [3.8, 4) is 5.75 Å². The van der Waals surface area contributed by atoms with Crippen molar-refractivity contribution < 1.29 is 13.2 Å². The van der Waals surface area contributed by atoms with E-state index in [4.69, 9.17) is 4.74 Å². The van der Waals surface area contributed by atoms with Gasteiger partial charge in [0.2, 0.25) is 10.0 Å². The first-order valence-corrected chi connectivity index (χ1v) is 10.5. The van der Waals surface area contributed by atoms with Crippen LogP contribution in [0.25, 0.3) is 0 Å². The Morgan fingerprint density at radius 2 is 1.78 bits per heavy atom. The van der Waals surface area contributed by atoms with Crippen molar-refractivity contribution in [2.45, 2.75) is 13.5 Å². The number of benzene rings is 2. The Bertz CT molecular complexity index is 865. The highest BCUT2D eigenvalue weighted by atomic mass is 32.2. The van der Waals surface area contributed by atoms with Crippen LogP contribution in [-0.4, -0.2) is 40.8 Å². The van der Waals surface area contributed by atoms with Gasteiger partial charge in [-0.1, -0.05) is 35.9 Å². The second kappa shape index (κ2) is 9.82. The molecule has 0 fully saturated rings. The minimum absolute atomic E-state index is 0.428. The SMILES string of the molecule is CN=C(NCCOc1ccc(C)cc1)NCc1ccccc1NS(C)(=O)=O. The van der Waals surface area contributed by atoms with Crippen LogP contribution >= 0.6 is 0 Å². The van der Waals surface area contributed by atoms with Crippen molar-refractivity contribution in [1.29, 1.82) is 0 Å². The normalized spacial score (nSPS) is 11.7. The second-order valence-electron chi connectivity index (χ2n) is 6.05. The molecule has 146 valence electrons. The number of nitrogens with zero attached hydrogens (tertiary/aromatic N) is 1. The van der Waals surface area contributed by atoms with Crippen LogP contribution in [0.4, 0.5) is 5.69 Å². The first-order chi connectivity index (χ1) is 12.9. The molecule has 7 nitrogen and oxygen atoms in total. The zero-order chi connectivity index (χ0) is 19.7. The molecule has 0 amide bonds. The van der Waals surface area contributed by atoms with E-state index in [1.54, 1.807) is 19.2 Å². The van der Waals surface area contributed by atoms with Gasteiger partial charge >= 0.3 is 0 Å². The summed E-state index contributed by atoms with van der Waals surface area (Å²) in [6.07, 6.45) is 1.13. The van der Waals surface area contributed by atoms with Gasteiger partial charge in [0.25, 0.3) is 0 Å². The maximum Gasteiger partial charge on any atom is 0.229 e. The van der Waals surface area contributed by atoms with E-state index in [9.17, 15) is 8.42 Å². The molecule has 0 aliphatic carbocycles. The average molecular weight is 391 g/mol. The Hall–Kier alpha value is -2.74. The van der Waals surface area contributed by atoms with E-state index in [-0.39, 0.29) is 0 Å². The third-order valence-electron chi connectivity index (χ3n) is 3.67. The molecule has 2 aromatic rings. The molecule has 0 aromatic heterocycles. The molecule has 0 unspecified atom stereocenters. The summed E-state index contributed by atoms with van der Waals surface area (Å²) in [5.74, 6) is 1.43. The van der Waals surface area contributed by atoms with Crippen LogP contribution in [0.15, 0.2) is 53.5 Å². The lowest BCUT2D eigenvalue weighted by Gasteiger charge is -2.15. The largest absolute Gasteiger partial charge is 0.492 e. The predicted molar refractivity (Wildman–Crippen MR) is 110 cm³/mol. The number of sulfonamides is 1. The molecule has 2 aromatic carbocycles. The summed E-state index contributed by atoms with van der Waals surface area (Å²) in [7, 11) is -1.65. The lowest BCUT2D eigenvalue weighted by atomic mass is 10.2. The molecule has 0 radical (unpaired) electrons. The van der Waals surface area contributed by atoms with E-state index in [1.807, 2.05) is 43.3 Å². The lowest BCUT2D eigenvalue weighted by molar-refractivity contribution is 0.322. The maximum absolute atomic E-state index is 11.5. The smallest absolute Gasteiger partial charge is 0.229 e. The van der Waals surface area contributed by atoms with Crippen LogP contribution in [0.3, 0.4) is 0 Å². The molecule has 8 heteroatoms. The van der Waals surface area contributed by atoms with Gasteiger partial charge in [-0.05, 0) is 30.7 Å². The molecule has 0 spiro atoms. The zero-order valence-corrected chi connectivity index (χ0v) is 16.6. The Morgan fingerprint density at radius 1 is 1.07 bits per heavy atom. The van der Waals surface area contributed by atoms with E-state index >= 15 is 0 Å². The highest BCUT2D eigenvalue weighted by Crippen LogP contribution is 2.15. The van der Waals surface area contributed by atoms with E-state index in [0.717, 1.165) is 17.6 Å². The Morgan fingerprint density at radius 3 is 2.44 bits per heavy atom. The predicted octanol–water partition coefficient (Wildman–Crippen LogP) is 2.11. The van der Waals surface area contributed by atoms with E-state index in [0.29, 0.717) is 31.3 Å². The number of aryl methyl sites for hydroxylation is 1. The summed E-state index contributed by atoms with van der Waals surface area (Å²) in [5.41, 5.74) is 2.56. The summed E-state index contributed by atoms with van der Waals surface area (Å²) in [4.78, 5) is 4.16. The minimum Gasteiger partial charge on any atom is -0.492 e. The highest BCUT2D eigenvalue weighted by molar-refractivity contribution is 7.92. The summed E-state index contributed by atoms with van der Waals surface area (Å²) in [6, 6.07) is 15.1. The van der Waals surface area contributed by atoms with Crippen LogP contribution in [0.2, 0.25) is 0 Å². The number of nitrogens with one attached hydrogen (secondary N) is 3. The van der Waals surface area contributed by atoms with Crippen LogP contribution in [0, 0.1) is 6.92 Å². The van der Waals surface area contributed by atoms with Crippen molar-refractivity contribution in [1.82, 2.24) is 10.6 Å². The van der Waals surface area contributed by atoms with E-state index in [1.165, 1.54) is 5.56 Å². The second-order valence-corrected chi connectivity index (χ2v) is 7.79. The van der Waals surface area contributed by atoms with Crippen LogP contribution in [-0.2, 0) is 16.6 Å². The minimum atomic E-state index is -3.33. The first kappa shape index (κ1) is 20.6. The third-order valence-corrected chi connectivity index (χ3v) is 4.26. The molecule has 0 saturated carbocycles. The van der Waals surface area contributed by atoms with Crippen LogP contribution in [0.5, 0.6) is 5.75 Å². The Kier molecular flexibility index (Phi) is 7.48. The molecule has 3 N–H and O–H groups in total. The molecular weight excluding hydrogens is 364 g/mol. The molecule has 0 aliphatic heterocycles. The van der Waals surface area contributed by atoms with Crippen molar-refractivity contribution in [2.24, 2.45) is 4.99 Å². The van der Waals surface area contributed by atoms with Gasteiger partial charge in [0, 0.05) is 13.6 Å². The fourth-order valence-electron chi connectivity index (χ4n) is 2.35. The molecule has 27 heavy (non-hydrogen) atoms. The topological polar surface area (TPSA) is 91.8 Å². The zero-order valence-electron chi connectivity index (χ0n) is 15.8. The number of anilines is 1. The number of hydrogen-bond donors (Lipinski definition) is 3. The van der Waals surface area contributed by atoms with Crippen molar-refractivity contribution in [3.63, 3.8) is 0 Å². The monoisotopic (exact) mass is 390 g/mol. The number of para-hydroxylation sites is 1. The summed E-state index contributed by atoms with van der Waals surface area (Å²) < 4.78 is 31.1. The number of ether oxygens (including phenoxy) is 1. The van der Waals surface area contributed by atoms with Gasteiger partial charge < -0.3 is 15.4 Å². The summed E-state index contributed by atoms with van der Waals surface area (Å²) in [5, 5.41) is 6.33. The molecule has 0 heterocycles. The number of hydrogen-bond acceptors (Lipinski definition) is 4. The first-order valence-electron chi connectivity index (χ1n) is 8.57. The summed E-state index contributed by atoms with van der Waals surface area (Å²) in [6.45, 7) is 3.54. The van der Waals surface area contributed by atoms with Gasteiger partial charge in [-0.3, -0.25) is 9.71 Å². The number of rotatable bonds is 8. The van der Waals surface area contributed by atoms with Gasteiger partial charge in [-0.15, -0.1) is 0 Å². The van der Waals surface area contributed by atoms with Gasteiger partial charge in [0.1, 0.15) is 12.4 Å². The van der Waals surface area contributed by atoms with Gasteiger partial charge in [-0.25, -0.2) is 8.42 Å². The molecule has 2 rings (SSSR count). The van der Waals surface area contributed by atoms with E-state index in [2.05, 4.69) is 20.3 Å². The fourth-order valence-corrected chi connectivity index (χ4v) is 2.94. The molecular formula is C19H26N4O3S. The number of guanidine groups is 1. The third kappa shape index (κ3) is 7.57. The van der Waals surface area contributed by atoms with Gasteiger partial charge in [-0.2, -0.15) is 0 Å². The van der Waals surface area contributed by atoms with Gasteiger partial charge in [0.05, 0.1) is 18.5 Å². The Labute approximate surface area is 160 Å². The van der Waals surface area contributed by atoms with Crippen LogP contribution in [0.1, 0.15) is 11.1 Å². The van der Waals surface area contributed by atoms with Crippen LogP contribution < -0.4 is 20.1 Å². The molecule has 0 saturated heterocycles. The van der Waals surface area contributed by atoms with Crippen molar-refractivity contribution in [3.05, 3.63) is 59.7 Å². The van der Waals surface area contributed by atoms with Crippen molar-refractivity contribution in [2.75, 3.05) is 31.2 Å². The highest BCUT2D eigenvalue weighted by Gasteiger charge is 2.07. The van der Waals surface area contributed by atoms with Crippen molar-refractivity contribution >= 4 is 21.7 Å².